The topological polar surface area (TPSA) is 67.6 Å². The van der Waals surface area contributed by atoms with Gasteiger partial charge in [0.1, 0.15) is 5.75 Å². The highest BCUT2D eigenvalue weighted by Gasteiger charge is 2.29. The van der Waals surface area contributed by atoms with Gasteiger partial charge in [0.25, 0.3) is 0 Å². The van der Waals surface area contributed by atoms with Gasteiger partial charge in [-0.2, -0.15) is 0 Å². The number of aromatic nitrogens is 1. The third kappa shape index (κ3) is 4.93. The van der Waals surface area contributed by atoms with Crippen LogP contribution in [0, 0.1) is 11.8 Å². The first-order chi connectivity index (χ1) is 13.6. The molecule has 3 rings (SSSR count). The Hall–Kier alpha value is -2.34. The van der Waals surface area contributed by atoms with Gasteiger partial charge in [0.2, 0.25) is 5.91 Å². The molecule has 0 spiro atoms. The first-order valence-electron chi connectivity index (χ1n) is 10.2. The molecular weight excluding hydrogens is 354 g/mol. The monoisotopic (exact) mass is 385 g/mol. The number of piperidine rings is 1. The van der Waals surface area contributed by atoms with Crippen molar-refractivity contribution in [3.8, 4) is 17.1 Å². The van der Waals surface area contributed by atoms with Gasteiger partial charge >= 0.3 is 0 Å². The Morgan fingerprint density at radius 1 is 1.25 bits per heavy atom. The quantitative estimate of drug-likeness (QED) is 0.755. The van der Waals surface area contributed by atoms with E-state index in [1.54, 1.807) is 7.11 Å². The summed E-state index contributed by atoms with van der Waals surface area (Å²) in [5, 5.41) is 7.75. The molecule has 2 aromatic rings. The molecule has 1 amide bonds. The fourth-order valence-electron chi connectivity index (χ4n) is 3.98. The molecule has 152 valence electrons. The molecule has 1 N–H and O–H groups in total. The lowest BCUT2D eigenvalue weighted by Gasteiger charge is -2.32. The number of nitrogens with zero attached hydrogens (tertiary/aromatic N) is 2. The van der Waals surface area contributed by atoms with Gasteiger partial charge in [-0.3, -0.25) is 4.79 Å². The molecule has 2 heterocycles. The summed E-state index contributed by atoms with van der Waals surface area (Å²) >= 11 is 0. The first kappa shape index (κ1) is 20.4. The van der Waals surface area contributed by atoms with Gasteiger partial charge in [-0.15, -0.1) is 0 Å². The third-order valence-electron chi connectivity index (χ3n) is 5.72. The zero-order valence-electron chi connectivity index (χ0n) is 17.1. The van der Waals surface area contributed by atoms with Crippen molar-refractivity contribution in [3.05, 3.63) is 36.0 Å². The molecule has 1 fully saturated rings. The average molecular weight is 386 g/mol. The van der Waals surface area contributed by atoms with Crippen LogP contribution in [0.1, 0.15) is 32.4 Å². The van der Waals surface area contributed by atoms with Crippen LogP contribution in [0.25, 0.3) is 11.3 Å². The normalized spacial score (nSPS) is 19.4. The maximum absolute atomic E-state index is 12.6. The maximum atomic E-state index is 12.6. The van der Waals surface area contributed by atoms with Crippen LogP contribution in [0.5, 0.6) is 5.75 Å². The molecule has 6 nitrogen and oxygen atoms in total. The molecule has 0 radical (unpaired) electrons. The number of carbonyl (C=O) groups excluding carboxylic acids is 1. The van der Waals surface area contributed by atoms with Gasteiger partial charge in [0.15, 0.2) is 5.76 Å². The Labute approximate surface area is 167 Å². The molecule has 2 atom stereocenters. The van der Waals surface area contributed by atoms with Crippen molar-refractivity contribution in [2.24, 2.45) is 11.8 Å². The van der Waals surface area contributed by atoms with Crippen molar-refractivity contribution < 1.29 is 14.1 Å². The van der Waals surface area contributed by atoms with Crippen LogP contribution in [-0.2, 0) is 11.2 Å². The standard InChI is InChI=1S/C22H31N3O3/c1-4-25(5-2)22(26)13-17-10-11-23-15-18(17)12-19-14-21(28-24-19)16-6-8-20(27-3)9-7-16/h6-9,14,17-18,23H,4-5,10-13,15H2,1-3H3/t17-,18+/m1/s1. The summed E-state index contributed by atoms with van der Waals surface area (Å²) < 4.78 is 10.8. The van der Waals surface area contributed by atoms with Crippen LogP contribution in [-0.4, -0.2) is 49.3 Å². The Balaban J connectivity index is 1.65. The summed E-state index contributed by atoms with van der Waals surface area (Å²) in [4.78, 5) is 14.5. The summed E-state index contributed by atoms with van der Waals surface area (Å²) in [5.74, 6) is 2.62. The number of hydrogen-bond acceptors (Lipinski definition) is 5. The van der Waals surface area contributed by atoms with Gasteiger partial charge < -0.3 is 19.5 Å². The van der Waals surface area contributed by atoms with Crippen molar-refractivity contribution in [1.82, 2.24) is 15.4 Å². The number of nitrogens with one attached hydrogen (secondary N) is 1. The zero-order valence-corrected chi connectivity index (χ0v) is 17.1. The van der Waals surface area contributed by atoms with Crippen molar-refractivity contribution in [1.29, 1.82) is 0 Å². The molecule has 0 unspecified atom stereocenters. The smallest absolute Gasteiger partial charge is 0.222 e. The van der Waals surface area contributed by atoms with Crippen LogP contribution in [0.15, 0.2) is 34.9 Å². The van der Waals surface area contributed by atoms with Crippen molar-refractivity contribution in [2.45, 2.75) is 33.1 Å². The van der Waals surface area contributed by atoms with Crippen molar-refractivity contribution >= 4 is 5.91 Å². The molecule has 0 bridgehead atoms. The molecular formula is C22H31N3O3. The van der Waals surface area contributed by atoms with E-state index in [-0.39, 0.29) is 5.91 Å². The lowest BCUT2D eigenvalue weighted by Crippen LogP contribution is -2.41. The Kier molecular flexibility index (Phi) is 7.09. The number of benzene rings is 1. The van der Waals surface area contributed by atoms with Gasteiger partial charge in [-0.1, -0.05) is 5.16 Å². The Bertz CT molecular complexity index is 753. The minimum Gasteiger partial charge on any atom is -0.497 e. The number of rotatable bonds is 8. The number of carbonyl (C=O) groups is 1. The molecule has 0 saturated carbocycles. The van der Waals surface area contributed by atoms with Crippen LogP contribution >= 0.6 is 0 Å². The molecule has 1 aromatic carbocycles. The average Bonchev–Trinajstić information content (AvgIpc) is 3.19. The third-order valence-corrected chi connectivity index (χ3v) is 5.72. The van der Waals surface area contributed by atoms with E-state index in [0.717, 1.165) is 61.8 Å². The minimum absolute atomic E-state index is 0.265. The van der Waals surface area contributed by atoms with E-state index in [1.807, 2.05) is 49.1 Å². The molecule has 0 aliphatic carbocycles. The predicted octanol–water partition coefficient (Wildman–Crippen LogP) is 3.38. The molecule has 6 heteroatoms. The fraction of sp³-hybridized carbons (Fsp3) is 0.545. The van der Waals surface area contributed by atoms with E-state index < -0.39 is 0 Å². The maximum Gasteiger partial charge on any atom is 0.222 e. The van der Waals surface area contributed by atoms with E-state index in [0.29, 0.717) is 18.3 Å². The zero-order chi connectivity index (χ0) is 19.9. The SMILES string of the molecule is CCN(CC)C(=O)C[C@H]1CCNC[C@@H]1Cc1cc(-c2ccc(OC)cc2)on1. The van der Waals surface area contributed by atoms with Gasteiger partial charge in [0, 0.05) is 31.1 Å². The van der Waals surface area contributed by atoms with Crippen LogP contribution in [0.3, 0.4) is 0 Å². The van der Waals surface area contributed by atoms with E-state index in [1.165, 1.54) is 0 Å². The predicted molar refractivity (Wildman–Crippen MR) is 109 cm³/mol. The minimum atomic E-state index is 0.265. The number of ether oxygens (including phenoxy) is 1. The second-order valence-electron chi connectivity index (χ2n) is 7.40. The Morgan fingerprint density at radius 3 is 2.68 bits per heavy atom. The van der Waals surface area contributed by atoms with Crippen molar-refractivity contribution in [3.63, 3.8) is 0 Å². The fourth-order valence-corrected chi connectivity index (χ4v) is 3.98. The van der Waals surface area contributed by atoms with Gasteiger partial charge in [-0.05, 0) is 75.9 Å². The number of hydrogen-bond donors (Lipinski definition) is 1. The summed E-state index contributed by atoms with van der Waals surface area (Å²) in [7, 11) is 1.65. The van der Waals surface area contributed by atoms with E-state index in [4.69, 9.17) is 9.26 Å². The molecule has 28 heavy (non-hydrogen) atoms. The summed E-state index contributed by atoms with van der Waals surface area (Å²) in [6, 6.07) is 9.78. The van der Waals surface area contributed by atoms with Crippen LogP contribution in [0.2, 0.25) is 0 Å². The lowest BCUT2D eigenvalue weighted by atomic mass is 9.81. The number of methoxy groups -OCH3 is 1. The Morgan fingerprint density at radius 2 is 2.00 bits per heavy atom. The molecule has 1 aliphatic heterocycles. The summed E-state index contributed by atoms with van der Waals surface area (Å²) in [6.07, 6.45) is 2.47. The van der Waals surface area contributed by atoms with Gasteiger partial charge in [-0.25, -0.2) is 0 Å². The molecule has 1 aliphatic rings. The second kappa shape index (κ2) is 9.73. The van der Waals surface area contributed by atoms with E-state index in [2.05, 4.69) is 10.5 Å². The molecule has 1 aromatic heterocycles. The molecule has 1 saturated heterocycles. The summed E-state index contributed by atoms with van der Waals surface area (Å²) in [5.41, 5.74) is 1.93. The highest BCUT2D eigenvalue weighted by molar-refractivity contribution is 5.76. The highest BCUT2D eigenvalue weighted by Crippen LogP contribution is 2.29. The van der Waals surface area contributed by atoms with Crippen molar-refractivity contribution in [2.75, 3.05) is 33.3 Å². The van der Waals surface area contributed by atoms with Crippen LogP contribution < -0.4 is 10.1 Å². The number of amides is 1. The van der Waals surface area contributed by atoms with E-state index >= 15 is 0 Å². The van der Waals surface area contributed by atoms with E-state index in [9.17, 15) is 4.79 Å². The van der Waals surface area contributed by atoms with Gasteiger partial charge in [0.05, 0.1) is 12.8 Å². The van der Waals surface area contributed by atoms with Crippen LogP contribution in [0.4, 0.5) is 0 Å². The lowest BCUT2D eigenvalue weighted by molar-refractivity contribution is -0.132. The first-order valence-corrected chi connectivity index (χ1v) is 10.2. The second-order valence-corrected chi connectivity index (χ2v) is 7.40. The largest absolute Gasteiger partial charge is 0.497 e. The highest BCUT2D eigenvalue weighted by atomic mass is 16.5. The summed E-state index contributed by atoms with van der Waals surface area (Å²) in [6.45, 7) is 7.53.